The fourth-order valence-electron chi connectivity index (χ4n) is 6.52. The summed E-state index contributed by atoms with van der Waals surface area (Å²) < 4.78 is 5.91. The Morgan fingerprint density at radius 1 is 1.12 bits per heavy atom. The minimum Gasteiger partial charge on any atom is -0.491 e. The van der Waals surface area contributed by atoms with Crippen LogP contribution in [0.5, 0.6) is 5.75 Å². The van der Waals surface area contributed by atoms with Gasteiger partial charge in [0.15, 0.2) is 0 Å². The van der Waals surface area contributed by atoms with E-state index in [4.69, 9.17) is 4.74 Å². The number of hydrogen-bond donors (Lipinski definition) is 1. The van der Waals surface area contributed by atoms with Crippen molar-refractivity contribution in [1.29, 1.82) is 0 Å². The molecule has 1 aliphatic carbocycles. The molecule has 1 N–H and O–H groups in total. The summed E-state index contributed by atoms with van der Waals surface area (Å²) in [5, 5.41) is 10.5. The molecule has 5 heteroatoms. The molecule has 2 bridgehead atoms. The summed E-state index contributed by atoms with van der Waals surface area (Å²) in [5.41, 5.74) is 4.66. The highest BCUT2D eigenvalue weighted by Crippen LogP contribution is 2.50. The molecule has 182 valence electrons. The molecule has 4 aliphatic rings. The molecule has 34 heavy (non-hydrogen) atoms. The Balaban J connectivity index is 1.51. The number of carboxylic acid groups (broad SMARTS) is 1. The summed E-state index contributed by atoms with van der Waals surface area (Å²) in [6, 6.07) is 14.9. The van der Waals surface area contributed by atoms with Crippen LogP contribution in [0.15, 0.2) is 42.5 Å². The van der Waals surface area contributed by atoms with E-state index >= 15 is 0 Å². The van der Waals surface area contributed by atoms with E-state index in [1.165, 1.54) is 11.1 Å². The van der Waals surface area contributed by atoms with Gasteiger partial charge < -0.3 is 14.7 Å². The summed E-state index contributed by atoms with van der Waals surface area (Å²) in [5.74, 6) is 1.36. The van der Waals surface area contributed by atoms with Crippen molar-refractivity contribution in [1.82, 2.24) is 9.80 Å². The number of carbonyl (C=O) groups is 1. The Morgan fingerprint density at radius 3 is 2.50 bits per heavy atom. The number of aryl methyl sites for hydroxylation is 1. The largest absolute Gasteiger partial charge is 0.491 e. The van der Waals surface area contributed by atoms with Gasteiger partial charge in [-0.3, -0.25) is 4.90 Å². The first kappa shape index (κ1) is 23.2. The van der Waals surface area contributed by atoms with Crippen LogP contribution in [0.2, 0.25) is 0 Å². The van der Waals surface area contributed by atoms with E-state index in [1.54, 1.807) is 0 Å². The van der Waals surface area contributed by atoms with Crippen LogP contribution in [0.3, 0.4) is 0 Å². The van der Waals surface area contributed by atoms with Crippen LogP contribution in [0.25, 0.3) is 11.1 Å². The number of ether oxygens (including phenoxy) is 1. The molecule has 0 saturated carbocycles. The number of fused-ring (bicyclic) bond motifs is 4. The second-order valence-corrected chi connectivity index (χ2v) is 11.4. The minimum absolute atomic E-state index is 0.0831. The molecule has 0 radical (unpaired) electrons. The summed E-state index contributed by atoms with van der Waals surface area (Å²) in [6.45, 7) is 11.7. The number of hydrogen-bond acceptors (Lipinski definition) is 3. The molecule has 3 fully saturated rings. The van der Waals surface area contributed by atoms with Crippen molar-refractivity contribution in [3.63, 3.8) is 0 Å². The predicted octanol–water partition coefficient (Wildman–Crippen LogP) is 6.23. The highest BCUT2D eigenvalue weighted by Gasteiger charge is 2.48. The van der Waals surface area contributed by atoms with Crippen molar-refractivity contribution < 1.29 is 14.6 Å². The maximum absolute atomic E-state index is 12.8. The smallest absolute Gasteiger partial charge is 0.408 e. The highest BCUT2D eigenvalue weighted by molar-refractivity contribution is 5.69. The SMILES string of the molecule is CC(C)Oc1cccc(-c2ccc3c(c2)CCC(C)(C)[C@@H]3N(C(=O)O)C2CN3CCC2CC3)c1. The van der Waals surface area contributed by atoms with Crippen molar-refractivity contribution in [2.75, 3.05) is 19.6 Å². The normalized spacial score (nSPS) is 27.3. The number of piperidine rings is 3. The third-order valence-electron chi connectivity index (χ3n) is 8.23. The lowest BCUT2D eigenvalue weighted by atomic mass is 9.68. The van der Waals surface area contributed by atoms with Gasteiger partial charge in [-0.2, -0.15) is 0 Å². The molecule has 1 amide bonds. The fourth-order valence-corrected chi connectivity index (χ4v) is 6.52. The van der Waals surface area contributed by atoms with Crippen LogP contribution in [-0.2, 0) is 6.42 Å². The van der Waals surface area contributed by atoms with Crippen LogP contribution in [0.1, 0.15) is 64.1 Å². The van der Waals surface area contributed by atoms with E-state index in [9.17, 15) is 9.90 Å². The lowest BCUT2D eigenvalue weighted by Crippen LogP contribution is -2.61. The molecule has 3 saturated heterocycles. The molecule has 3 heterocycles. The van der Waals surface area contributed by atoms with Gasteiger partial charge in [0, 0.05) is 6.54 Å². The predicted molar refractivity (Wildman–Crippen MR) is 135 cm³/mol. The van der Waals surface area contributed by atoms with E-state index in [-0.39, 0.29) is 23.6 Å². The summed E-state index contributed by atoms with van der Waals surface area (Å²) in [4.78, 5) is 17.1. The fraction of sp³-hybridized carbons (Fsp3) is 0.552. The maximum atomic E-state index is 12.8. The van der Waals surface area contributed by atoms with E-state index in [1.807, 2.05) is 30.9 Å². The first-order valence-electron chi connectivity index (χ1n) is 12.9. The van der Waals surface area contributed by atoms with E-state index in [0.717, 1.165) is 62.2 Å². The highest BCUT2D eigenvalue weighted by atomic mass is 16.5. The number of amides is 1. The minimum atomic E-state index is -0.771. The van der Waals surface area contributed by atoms with Crippen LogP contribution in [0.4, 0.5) is 4.79 Å². The van der Waals surface area contributed by atoms with Crippen molar-refractivity contribution in [2.45, 2.75) is 71.6 Å². The van der Waals surface area contributed by atoms with E-state index in [0.29, 0.717) is 5.92 Å². The van der Waals surface area contributed by atoms with Crippen molar-refractivity contribution in [2.24, 2.45) is 11.3 Å². The molecule has 1 unspecified atom stereocenters. The summed E-state index contributed by atoms with van der Waals surface area (Å²) in [7, 11) is 0. The number of nitrogens with zero attached hydrogens (tertiary/aromatic N) is 2. The van der Waals surface area contributed by atoms with Gasteiger partial charge in [0.2, 0.25) is 0 Å². The zero-order valence-corrected chi connectivity index (χ0v) is 21.0. The standard InChI is InChI=1S/C29H38N2O3/c1-19(2)34-24-7-5-6-21(17-24)22-8-9-25-23(16-22)10-13-29(3,4)27(25)31(28(32)33)26-18-30-14-11-20(26)12-15-30/h5-9,16-17,19-20,26-27H,10-15,18H2,1-4H3,(H,32,33)/t26?,27-/m1/s1. The first-order valence-corrected chi connectivity index (χ1v) is 12.9. The Labute approximate surface area is 203 Å². The monoisotopic (exact) mass is 462 g/mol. The molecule has 6 rings (SSSR count). The molecule has 3 aliphatic heterocycles. The van der Waals surface area contributed by atoms with Gasteiger partial charge in [-0.25, -0.2) is 4.79 Å². The van der Waals surface area contributed by atoms with Gasteiger partial charge in [-0.1, -0.05) is 44.2 Å². The van der Waals surface area contributed by atoms with Gasteiger partial charge in [-0.15, -0.1) is 0 Å². The molecular weight excluding hydrogens is 424 g/mol. The molecule has 0 aromatic heterocycles. The zero-order chi connectivity index (χ0) is 24.0. The molecule has 2 atom stereocenters. The Hall–Kier alpha value is -2.53. The second-order valence-electron chi connectivity index (χ2n) is 11.4. The Bertz CT molecular complexity index is 1060. The molecule has 2 aromatic rings. The van der Waals surface area contributed by atoms with Crippen LogP contribution in [0, 0.1) is 11.3 Å². The molecule has 5 nitrogen and oxygen atoms in total. The maximum Gasteiger partial charge on any atom is 0.408 e. The number of benzene rings is 2. The van der Waals surface area contributed by atoms with Crippen molar-refractivity contribution in [3.05, 3.63) is 53.6 Å². The third-order valence-corrected chi connectivity index (χ3v) is 8.23. The molecular formula is C29H38N2O3. The van der Waals surface area contributed by atoms with E-state index in [2.05, 4.69) is 49.1 Å². The van der Waals surface area contributed by atoms with Crippen LogP contribution < -0.4 is 4.74 Å². The first-order chi connectivity index (χ1) is 16.2. The van der Waals surface area contributed by atoms with Crippen molar-refractivity contribution >= 4 is 6.09 Å². The third kappa shape index (κ3) is 4.31. The lowest BCUT2D eigenvalue weighted by molar-refractivity contribution is -0.0352. The lowest BCUT2D eigenvalue weighted by Gasteiger charge is -2.54. The zero-order valence-electron chi connectivity index (χ0n) is 21.0. The molecule has 2 aromatic carbocycles. The quantitative estimate of drug-likeness (QED) is 0.572. The number of rotatable bonds is 5. The molecule has 0 spiro atoms. The summed E-state index contributed by atoms with van der Waals surface area (Å²) >= 11 is 0. The Kier molecular flexibility index (Phi) is 6.09. The topological polar surface area (TPSA) is 53.0 Å². The van der Waals surface area contributed by atoms with Gasteiger partial charge >= 0.3 is 6.09 Å². The summed E-state index contributed by atoms with van der Waals surface area (Å²) in [6.07, 6.45) is 3.55. The second kappa shape index (κ2) is 8.92. The van der Waals surface area contributed by atoms with Gasteiger partial charge in [0.1, 0.15) is 5.75 Å². The van der Waals surface area contributed by atoms with Crippen LogP contribution >= 0.6 is 0 Å². The van der Waals surface area contributed by atoms with Gasteiger partial charge in [0.05, 0.1) is 18.2 Å². The van der Waals surface area contributed by atoms with Gasteiger partial charge in [-0.05, 0) is 98.3 Å². The van der Waals surface area contributed by atoms with Gasteiger partial charge in [0.25, 0.3) is 0 Å². The van der Waals surface area contributed by atoms with Crippen molar-refractivity contribution in [3.8, 4) is 16.9 Å². The van der Waals surface area contributed by atoms with E-state index < -0.39 is 6.09 Å². The average Bonchev–Trinajstić information content (AvgIpc) is 2.81. The van der Waals surface area contributed by atoms with Crippen LogP contribution in [-0.4, -0.2) is 52.8 Å². The Morgan fingerprint density at radius 2 is 1.85 bits per heavy atom. The average molecular weight is 463 g/mol.